The van der Waals surface area contributed by atoms with Crippen LogP contribution in [0.4, 0.5) is 10.6 Å². The number of piperazine rings is 1. The zero-order valence-electron chi connectivity index (χ0n) is 14.4. The number of hydrogen-bond donors (Lipinski definition) is 1. The van der Waals surface area contributed by atoms with E-state index < -0.39 is 0 Å². The minimum atomic E-state index is 0.0692. The van der Waals surface area contributed by atoms with E-state index in [0.29, 0.717) is 5.92 Å². The lowest BCUT2D eigenvalue weighted by molar-refractivity contribution is 0.197. The minimum Gasteiger partial charge on any atom is -0.352 e. The van der Waals surface area contributed by atoms with E-state index in [1.807, 2.05) is 11.8 Å². The molecule has 7 heteroatoms. The Labute approximate surface area is 145 Å². The van der Waals surface area contributed by atoms with Crippen molar-refractivity contribution in [3.63, 3.8) is 0 Å². The van der Waals surface area contributed by atoms with Crippen LogP contribution in [0.5, 0.6) is 0 Å². The molecule has 6 nitrogen and oxygen atoms in total. The molecular weight excluding hydrogens is 322 g/mol. The first-order chi connectivity index (χ1) is 11.5. The van der Waals surface area contributed by atoms with E-state index in [0.717, 1.165) is 49.1 Å². The summed E-state index contributed by atoms with van der Waals surface area (Å²) in [5.74, 6) is 2.47. The van der Waals surface area contributed by atoms with Crippen LogP contribution in [0.2, 0.25) is 0 Å². The van der Waals surface area contributed by atoms with Crippen LogP contribution in [0.1, 0.15) is 25.2 Å². The maximum Gasteiger partial charge on any atom is 0.317 e. The van der Waals surface area contributed by atoms with Gasteiger partial charge in [-0.25, -0.2) is 14.8 Å². The molecule has 2 aromatic heterocycles. The van der Waals surface area contributed by atoms with Crippen LogP contribution >= 0.6 is 11.3 Å². The van der Waals surface area contributed by atoms with Crippen molar-refractivity contribution >= 4 is 33.4 Å². The second-order valence-electron chi connectivity index (χ2n) is 7.11. The van der Waals surface area contributed by atoms with Gasteiger partial charge in [-0.05, 0) is 30.2 Å². The molecule has 0 saturated carbocycles. The van der Waals surface area contributed by atoms with Gasteiger partial charge in [0.2, 0.25) is 0 Å². The Kier molecular flexibility index (Phi) is 3.83. The number of anilines is 1. The Morgan fingerprint density at radius 3 is 3.00 bits per heavy atom. The van der Waals surface area contributed by atoms with Crippen molar-refractivity contribution in [3.05, 3.63) is 16.8 Å². The van der Waals surface area contributed by atoms with Gasteiger partial charge in [0.25, 0.3) is 0 Å². The Bertz CT molecular complexity index is 787. The van der Waals surface area contributed by atoms with E-state index in [4.69, 9.17) is 4.98 Å². The number of hydrogen-bond acceptors (Lipinski definition) is 5. The van der Waals surface area contributed by atoms with Crippen LogP contribution in [0.25, 0.3) is 10.2 Å². The van der Waals surface area contributed by atoms with Gasteiger partial charge in [0.1, 0.15) is 16.5 Å². The van der Waals surface area contributed by atoms with Crippen LogP contribution in [0.3, 0.4) is 0 Å². The third-order valence-electron chi connectivity index (χ3n) is 4.76. The summed E-state index contributed by atoms with van der Waals surface area (Å²) in [5, 5.41) is 6.39. The van der Waals surface area contributed by atoms with Crippen molar-refractivity contribution in [2.75, 3.05) is 31.1 Å². The van der Waals surface area contributed by atoms with Gasteiger partial charge < -0.3 is 15.1 Å². The summed E-state index contributed by atoms with van der Waals surface area (Å²) in [6, 6.07) is 0.309. The number of aromatic nitrogens is 2. The number of carbonyl (C=O) groups excluding carboxylic acids is 1. The van der Waals surface area contributed by atoms with E-state index in [1.54, 1.807) is 11.3 Å². The highest BCUT2D eigenvalue weighted by atomic mass is 32.1. The normalized spacial score (nSPS) is 20.8. The fourth-order valence-corrected chi connectivity index (χ4v) is 4.69. The number of fused-ring (bicyclic) bond motifs is 2. The van der Waals surface area contributed by atoms with Gasteiger partial charge in [-0.15, -0.1) is 11.3 Å². The largest absolute Gasteiger partial charge is 0.352 e. The van der Waals surface area contributed by atoms with Gasteiger partial charge in [-0.3, -0.25) is 0 Å². The molecule has 4 heterocycles. The zero-order valence-corrected chi connectivity index (χ0v) is 15.2. The molecule has 128 valence electrons. The van der Waals surface area contributed by atoms with Gasteiger partial charge in [-0.2, -0.15) is 0 Å². The van der Waals surface area contributed by atoms with E-state index >= 15 is 0 Å². The van der Waals surface area contributed by atoms with Crippen LogP contribution < -0.4 is 10.2 Å². The molecule has 0 bridgehead atoms. The lowest BCUT2D eigenvalue weighted by Crippen LogP contribution is -2.52. The maximum atomic E-state index is 11.8. The van der Waals surface area contributed by atoms with Gasteiger partial charge >= 0.3 is 6.03 Å². The standard InChI is InChI=1S/C17H23N5OS/c1-10(2)6-12-9-24-16-14(12)15(19-11(3)20-16)21-4-5-22-13(8-21)7-18-17(22)23/h9-10,13H,4-8H2,1-3H3,(H,18,23). The first-order valence-electron chi connectivity index (χ1n) is 8.57. The molecule has 2 saturated heterocycles. The third-order valence-corrected chi connectivity index (χ3v) is 5.68. The monoisotopic (exact) mass is 345 g/mol. The maximum absolute atomic E-state index is 11.8. The van der Waals surface area contributed by atoms with E-state index in [-0.39, 0.29) is 12.1 Å². The quantitative estimate of drug-likeness (QED) is 0.928. The smallest absolute Gasteiger partial charge is 0.317 e. The Morgan fingerprint density at radius 2 is 2.21 bits per heavy atom. The van der Waals surface area contributed by atoms with Crippen molar-refractivity contribution in [2.24, 2.45) is 5.92 Å². The third kappa shape index (κ3) is 2.60. The van der Waals surface area contributed by atoms with E-state index in [2.05, 4.69) is 34.4 Å². The summed E-state index contributed by atoms with van der Waals surface area (Å²) in [5.41, 5.74) is 1.35. The summed E-state index contributed by atoms with van der Waals surface area (Å²) in [6.07, 6.45) is 1.04. The molecule has 24 heavy (non-hydrogen) atoms. The highest BCUT2D eigenvalue weighted by Crippen LogP contribution is 2.34. The topological polar surface area (TPSA) is 61.4 Å². The fourth-order valence-electron chi connectivity index (χ4n) is 3.70. The molecule has 0 spiro atoms. The van der Waals surface area contributed by atoms with Crippen LogP contribution in [0, 0.1) is 12.8 Å². The van der Waals surface area contributed by atoms with Gasteiger partial charge in [0.05, 0.1) is 11.4 Å². The average molecular weight is 345 g/mol. The molecule has 1 unspecified atom stereocenters. The number of rotatable bonds is 3. The number of carbonyl (C=O) groups is 1. The van der Waals surface area contributed by atoms with E-state index in [9.17, 15) is 4.79 Å². The van der Waals surface area contributed by atoms with Crippen LogP contribution in [-0.2, 0) is 6.42 Å². The van der Waals surface area contributed by atoms with Crippen LogP contribution in [0.15, 0.2) is 5.38 Å². The molecule has 0 radical (unpaired) electrons. The minimum absolute atomic E-state index is 0.0692. The van der Waals surface area contributed by atoms with E-state index in [1.165, 1.54) is 10.9 Å². The van der Waals surface area contributed by atoms with Gasteiger partial charge in [-0.1, -0.05) is 13.8 Å². The first kappa shape index (κ1) is 15.6. The molecule has 1 atom stereocenters. The molecule has 2 aliphatic heterocycles. The molecule has 0 aliphatic carbocycles. The number of nitrogens with zero attached hydrogens (tertiary/aromatic N) is 4. The van der Waals surface area contributed by atoms with Crippen molar-refractivity contribution in [2.45, 2.75) is 33.2 Å². The molecule has 1 N–H and O–H groups in total. The molecule has 2 fully saturated rings. The predicted molar refractivity (Wildman–Crippen MR) is 96.8 cm³/mol. The van der Waals surface area contributed by atoms with Gasteiger partial charge in [0, 0.05) is 26.2 Å². The molecule has 2 aromatic rings. The molecular formula is C17H23N5OS. The first-order valence-corrected chi connectivity index (χ1v) is 9.45. The lowest BCUT2D eigenvalue weighted by Gasteiger charge is -2.37. The second kappa shape index (κ2) is 5.88. The Hall–Kier alpha value is -1.89. The zero-order chi connectivity index (χ0) is 16.8. The number of urea groups is 1. The second-order valence-corrected chi connectivity index (χ2v) is 7.97. The van der Waals surface area contributed by atoms with Crippen molar-refractivity contribution in [3.8, 4) is 0 Å². The van der Waals surface area contributed by atoms with Crippen molar-refractivity contribution in [1.29, 1.82) is 0 Å². The summed E-state index contributed by atoms with van der Waals surface area (Å²) in [4.78, 5) is 26.6. The van der Waals surface area contributed by atoms with Crippen molar-refractivity contribution < 1.29 is 4.79 Å². The molecule has 2 amide bonds. The lowest BCUT2D eigenvalue weighted by atomic mass is 10.0. The number of nitrogens with one attached hydrogen (secondary N) is 1. The fraction of sp³-hybridized carbons (Fsp3) is 0.588. The van der Waals surface area contributed by atoms with Gasteiger partial charge in [0.15, 0.2) is 0 Å². The summed E-state index contributed by atoms with van der Waals surface area (Å²) in [6.45, 7) is 9.59. The Morgan fingerprint density at radius 1 is 1.38 bits per heavy atom. The SMILES string of the molecule is Cc1nc(N2CCN3C(=O)NCC3C2)c2c(CC(C)C)csc2n1. The number of thiophene rings is 1. The van der Waals surface area contributed by atoms with Crippen molar-refractivity contribution in [1.82, 2.24) is 20.2 Å². The number of amides is 2. The average Bonchev–Trinajstić information content (AvgIpc) is 3.10. The summed E-state index contributed by atoms with van der Waals surface area (Å²) in [7, 11) is 0. The summed E-state index contributed by atoms with van der Waals surface area (Å²) >= 11 is 1.71. The highest BCUT2D eigenvalue weighted by Gasteiger charge is 2.36. The Balaban J connectivity index is 1.73. The molecule has 0 aromatic carbocycles. The summed E-state index contributed by atoms with van der Waals surface area (Å²) < 4.78 is 0. The highest BCUT2D eigenvalue weighted by molar-refractivity contribution is 7.17. The molecule has 2 aliphatic rings. The van der Waals surface area contributed by atoms with Crippen LogP contribution in [-0.4, -0.2) is 53.1 Å². The molecule has 4 rings (SSSR count). The number of aryl methyl sites for hydroxylation is 1. The predicted octanol–water partition coefficient (Wildman–Crippen LogP) is 2.41.